The zero-order valence-electron chi connectivity index (χ0n) is 9.02. The lowest BCUT2D eigenvalue weighted by Gasteiger charge is -2.14. The maximum atomic E-state index is 6.21. The summed E-state index contributed by atoms with van der Waals surface area (Å²) in [6.07, 6.45) is 0. The summed E-state index contributed by atoms with van der Waals surface area (Å²) in [6, 6.07) is 13.9. The standard InChI is InChI=1S/C13H13BrN2/c1-9-11(7-8-12(14)16-9)13(15)10-5-3-2-4-6-10/h2-8,13H,15H2,1H3. The molecule has 1 aromatic carbocycles. The molecule has 0 amide bonds. The van der Waals surface area contributed by atoms with Gasteiger partial charge in [-0.15, -0.1) is 0 Å². The fraction of sp³-hybridized carbons (Fsp3) is 0.154. The molecule has 0 spiro atoms. The minimum absolute atomic E-state index is 0.109. The number of nitrogens with zero attached hydrogens (tertiary/aromatic N) is 1. The number of rotatable bonds is 2. The van der Waals surface area contributed by atoms with Crippen molar-refractivity contribution < 1.29 is 0 Å². The first kappa shape index (κ1) is 11.3. The third-order valence-corrected chi connectivity index (χ3v) is 3.03. The first-order valence-corrected chi connectivity index (χ1v) is 5.91. The van der Waals surface area contributed by atoms with Gasteiger partial charge in [0, 0.05) is 5.69 Å². The van der Waals surface area contributed by atoms with Crippen LogP contribution in [0, 0.1) is 6.92 Å². The Morgan fingerprint density at radius 3 is 2.44 bits per heavy atom. The highest BCUT2D eigenvalue weighted by molar-refractivity contribution is 9.10. The van der Waals surface area contributed by atoms with E-state index in [1.54, 1.807) is 0 Å². The summed E-state index contributed by atoms with van der Waals surface area (Å²) in [5.41, 5.74) is 9.35. The Morgan fingerprint density at radius 1 is 1.12 bits per heavy atom. The van der Waals surface area contributed by atoms with Crippen molar-refractivity contribution in [2.75, 3.05) is 0 Å². The third-order valence-electron chi connectivity index (χ3n) is 2.59. The first-order chi connectivity index (χ1) is 7.68. The van der Waals surface area contributed by atoms with Gasteiger partial charge in [-0.1, -0.05) is 36.4 Å². The Morgan fingerprint density at radius 2 is 1.81 bits per heavy atom. The van der Waals surface area contributed by atoms with Crippen LogP contribution in [-0.2, 0) is 0 Å². The van der Waals surface area contributed by atoms with Crippen LogP contribution in [0.4, 0.5) is 0 Å². The fourth-order valence-electron chi connectivity index (χ4n) is 1.71. The van der Waals surface area contributed by atoms with Crippen molar-refractivity contribution in [1.29, 1.82) is 0 Å². The van der Waals surface area contributed by atoms with E-state index in [0.29, 0.717) is 0 Å². The van der Waals surface area contributed by atoms with Gasteiger partial charge in [-0.25, -0.2) is 4.98 Å². The Hall–Kier alpha value is -1.19. The largest absolute Gasteiger partial charge is 0.320 e. The molecule has 2 rings (SSSR count). The Bertz CT molecular complexity index is 483. The molecule has 0 aliphatic rings. The highest BCUT2D eigenvalue weighted by Crippen LogP contribution is 2.22. The summed E-state index contributed by atoms with van der Waals surface area (Å²) in [5, 5.41) is 0. The number of hydrogen-bond donors (Lipinski definition) is 1. The molecule has 2 nitrogen and oxygen atoms in total. The average Bonchev–Trinajstić information content (AvgIpc) is 2.29. The van der Waals surface area contributed by atoms with E-state index >= 15 is 0 Å². The van der Waals surface area contributed by atoms with E-state index in [4.69, 9.17) is 5.73 Å². The number of benzene rings is 1. The molecular weight excluding hydrogens is 264 g/mol. The second-order valence-electron chi connectivity index (χ2n) is 3.70. The Labute approximate surface area is 104 Å². The summed E-state index contributed by atoms with van der Waals surface area (Å²) >= 11 is 3.35. The van der Waals surface area contributed by atoms with Gasteiger partial charge >= 0.3 is 0 Å². The van der Waals surface area contributed by atoms with Crippen LogP contribution in [0.3, 0.4) is 0 Å². The second kappa shape index (κ2) is 4.76. The second-order valence-corrected chi connectivity index (χ2v) is 4.51. The van der Waals surface area contributed by atoms with E-state index in [9.17, 15) is 0 Å². The van der Waals surface area contributed by atoms with Crippen LogP contribution < -0.4 is 5.73 Å². The van der Waals surface area contributed by atoms with E-state index in [2.05, 4.69) is 20.9 Å². The molecule has 16 heavy (non-hydrogen) atoms. The van der Waals surface area contributed by atoms with Gasteiger partial charge < -0.3 is 5.73 Å². The van der Waals surface area contributed by atoms with Gasteiger partial charge in [0.2, 0.25) is 0 Å². The van der Waals surface area contributed by atoms with Crippen molar-refractivity contribution in [3.8, 4) is 0 Å². The quantitative estimate of drug-likeness (QED) is 0.856. The van der Waals surface area contributed by atoms with E-state index in [-0.39, 0.29) is 6.04 Å². The van der Waals surface area contributed by atoms with E-state index < -0.39 is 0 Å². The highest BCUT2D eigenvalue weighted by Gasteiger charge is 2.11. The molecule has 0 radical (unpaired) electrons. The van der Waals surface area contributed by atoms with Crippen molar-refractivity contribution in [3.05, 3.63) is 63.9 Å². The molecule has 2 aromatic rings. The molecule has 1 heterocycles. The molecule has 2 N–H and O–H groups in total. The van der Waals surface area contributed by atoms with E-state index in [0.717, 1.165) is 21.4 Å². The van der Waals surface area contributed by atoms with Crippen molar-refractivity contribution in [2.24, 2.45) is 5.73 Å². The summed E-state index contributed by atoms with van der Waals surface area (Å²) in [4.78, 5) is 4.36. The lowest BCUT2D eigenvalue weighted by molar-refractivity contribution is 0.846. The molecule has 0 fully saturated rings. The predicted octanol–water partition coefficient (Wildman–Crippen LogP) is 3.20. The van der Waals surface area contributed by atoms with Crippen molar-refractivity contribution >= 4 is 15.9 Å². The number of aryl methyl sites for hydroxylation is 1. The molecule has 0 bridgehead atoms. The van der Waals surface area contributed by atoms with Gasteiger partial charge in [-0.2, -0.15) is 0 Å². The summed E-state index contributed by atoms with van der Waals surface area (Å²) in [5.74, 6) is 0. The van der Waals surface area contributed by atoms with Crippen LogP contribution in [0.2, 0.25) is 0 Å². The van der Waals surface area contributed by atoms with Crippen molar-refractivity contribution in [3.63, 3.8) is 0 Å². The van der Waals surface area contributed by atoms with Crippen LogP contribution in [0.15, 0.2) is 47.1 Å². The molecule has 82 valence electrons. The summed E-state index contributed by atoms with van der Waals surface area (Å²) in [7, 11) is 0. The van der Waals surface area contributed by atoms with Gasteiger partial charge in [0.15, 0.2) is 0 Å². The molecule has 1 aromatic heterocycles. The smallest absolute Gasteiger partial charge is 0.106 e. The van der Waals surface area contributed by atoms with E-state index in [1.807, 2.05) is 49.4 Å². The maximum Gasteiger partial charge on any atom is 0.106 e. The van der Waals surface area contributed by atoms with Crippen LogP contribution in [0.5, 0.6) is 0 Å². The number of nitrogens with two attached hydrogens (primary N) is 1. The number of pyridine rings is 1. The van der Waals surface area contributed by atoms with Crippen molar-refractivity contribution in [2.45, 2.75) is 13.0 Å². The maximum absolute atomic E-state index is 6.21. The molecule has 1 atom stereocenters. The SMILES string of the molecule is Cc1nc(Br)ccc1C(N)c1ccccc1. The third kappa shape index (κ3) is 2.31. The van der Waals surface area contributed by atoms with Crippen LogP contribution in [-0.4, -0.2) is 4.98 Å². The number of halogens is 1. The summed E-state index contributed by atoms with van der Waals surface area (Å²) in [6.45, 7) is 1.98. The van der Waals surface area contributed by atoms with Crippen LogP contribution in [0.1, 0.15) is 22.9 Å². The zero-order chi connectivity index (χ0) is 11.5. The molecule has 0 saturated carbocycles. The Kier molecular flexibility index (Phi) is 3.36. The monoisotopic (exact) mass is 276 g/mol. The lowest BCUT2D eigenvalue weighted by Crippen LogP contribution is -2.13. The minimum atomic E-state index is -0.109. The minimum Gasteiger partial charge on any atom is -0.320 e. The fourth-order valence-corrected chi connectivity index (χ4v) is 2.11. The summed E-state index contributed by atoms with van der Waals surface area (Å²) < 4.78 is 0.842. The Balaban J connectivity index is 2.38. The van der Waals surface area contributed by atoms with Gasteiger partial charge in [0.1, 0.15) is 4.60 Å². The van der Waals surface area contributed by atoms with Gasteiger partial charge in [0.25, 0.3) is 0 Å². The first-order valence-electron chi connectivity index (χ1n) is 5.12. The van der Waals surface area contributed by atoms with Gasteiger partial charge in [-0.05, 0) is 40.0 Å². The number of hydrogen-bond acceptors (Lipinski definition) is 2. The topological polar surface area (TPSA) is 38.9 Å². The molecule has 1 unspecified atom stereocenters. The predicted molar refractivity (Wildman–Crippen MR) is 69.1 cm³/mol. The van der Waals surface area contributed by atoms with E-state index in [1.165, 1.54) is 0 Å². The number of aromatic nitrogens is 1. The molecular formula is C13H13BrN2. The molecule has 3 heteroatoms. The average molecular weight is 277 g/mol. The van der Waals surface area contributed by atoms with Crippen molar-refractivity contribution in [1.82, 2.24) is 4.98 Å². The highest BCUT2D eigenvalue weighted by atomic mass is 79.9. The van der Waals surface area contributed by atoms with Gasteiger partial charge in [0.05, 0.1) is 6.04 Å². The van der Waals surface area contributed by atoms with Gasteiger partial charge in [-0.3, -0.25) is 0 Å². The normalized spacial score (nSPS) is 12.4. The molecule has 0 saturated heterocycles. The van der Waals surface area contributed by atoms with Crippen LogP contribution >= 0.6 is 15.9 Å². The zero-order valence-corrected chi connectivity index (χ0v) is 10.6. The lowest BCUT2D eigenvalue weighted by atomic mass is 9.99. The van der Waals surface area contributed by atoms with Crippen LogP contribution in [0.25, 0.3) is 0 Å². The molecule has 0 aliphatic carbocycles. The molecule has 0 aliphatic heterocycles.